The quantitative estimate of drug-likeness (QED) is 0.683. The van der Waals surface area contributed by atoms with Gasteiger partial charge in [0.25, 0.3) is 0 Å². The van der Waals surface area contributed by atoms with E-state index in [2.05, 4.69) is 26.8 Å². The fourth-order valence-corrected chi connectivity index (χ4v) is 2.85. The molecule has 0 unspecified atom stereocenters. The third-order valence-corrected chi connectivity index (χ3v) is 4.07. The van der Waals surface area contributed by atoms with Crippen LogP contribution in [0.25, 0.3) is 16.7 Å². The van der Waals surface area contributed by atoms with Gasteiger partial charge >= 0.3 is 0 Å². The average molecular weight is 285 g/mol. The van der Waals surface area contributed by atoms with E-state index in [-0.39, 0.29) is 5.82 Å². The summed E-state index contributed by atoms with van der Waals surface area (Å²) in [6.45, 7) is 3.81. The molecule has 0 aliphatic carbocycles. The molecule has 0 spiro atoms. The Kier molecular flexibility index (Phi) is 2.78. The van der Waals surface area contributed by atoms with Crippen LogP contribution in [0, 0.1) is 5.82 Å². The number of imidazole rings is 1. The number of piperazine rings is 1. The zero-order valence-corrected chi connectivity index (χ0v) is 11.8. The number of benzene rings is 1. The number of halogens is 1. The molecule has 5 nitrogen and oxygen atoms in total. The summed E-state index contributed by atoms with van der Waals surface area (Å²) in [7, 11) is 2.12. The molecule has 1 aliphatic rings. The summed E-state index contributed by atoms with van der Waals surface area (Å²) in [6.07, 6.45) is 3.66. The maximum Gasteiger partial charge on any atom is 0.180 e. The summed E-state index contributed by atoms with van der Waals surface area (Å²) >= 11 is 0. The highest BCUT2D eigenvalue weighted by molar-refractivity contribution is 5.83. The number of anilines is 1. The Labute approximate surface area is 121 Å². The predicted octanol–water partition coefficient (Wildman–Crippen LogP) is 1.77. The van der Waals surface area contributed by atoms with Gasteiger partial charge in [0.2, 0.25) is 0 Å². The van der Waals surface area contributed by atoms with Gasteiger partial charge in [-0.2, -0.15) is 0 Å². The molecule has 21 heavy (non-hydrogen) atoms. The largest absolute Gasteiger partial charge is 0.351 e. The van der Waals surface area contributed by atoms with Crippen LogP contribution in [0.4, 0.5) is 10.2 Å². The summed E-state index contributed by atoms with van der Waals surface area (Å²) in [5.41, 5.74) is 2.37. The lowest BCUT2D eigenvalue weighted by Crippen LogP contribution is -2.45. The summed E-state index contributed by atoms with van der Waals surface area (Å²) in [4.78, 5) is 13.6. The van der Waals surface area contributed by atoms with E-state index in [0.29, 0.717) is 5.52 Å². The van der Waals surface area contributed by atoms with Gasteiger partial charge in [0.15, 0.2) is 11.5 Å². The Balaban J connectivity index is 1.92. The minimum Gasteiger partial charge on any atom is -0.351 e. The van der Waals surface area contributed by atoms with Crippen molar-refractivity contribution >= 4 is 22.5 Å². The molecule has 108 valence electrons. The molecule has 6 heteroatoms. The van der Waals surface area contributed by atoms with E-state index in [9.17, 15) is 4.39 Å². The first-order valence-corrected chi connectivity index (χ1v) is 7.08. The highest BCUT2D eigenvalue weighted by Gasteiger charge is 2.20. The van der Waals surface area contributed by atoms with Gasteiger partial charge in [0.1, 0.15) is 5.82 Å². The first-order chi connectivity index (χ1) is 10.2. The average Bonchev–Trinajstić information content (AvgIpc) is 2.96. The lowest BCUT2D eigenvalue weighted by Gasteiger charge is -2.33. The van der Waals surface area contributed by atoms with Crippen molar-refractivity contribution in [1.29, 1.82) is 0 Å². The minimum absolute atomic E-state index is 0.265. The highest BCUT2D eigenvalue weighted by Crippen LogP contribution is 2.24. The van der Waals surface area contributed by atoms with Gasteiger partial charge in [-0.15, -0.1) is 0 Å². The second-order valence-corrected chi connectivity index (χ2v) is 5.48. The summed E-state index contributed by atoms with van der Waals surface area (Å²) < 4.78 is 15.5. The molecule has 0 radical (unpaired) electrons. The van der Waals surface area contributed by atoms with Crippen LogP contribution in [-0.2, 0) is 0 Å². The number of fused-ring (bicyclic) bond motifs is 3. The standard InChI is InChI=1S/C15H16FN5/c1-19-6-8-20(9-7-19)15-14-17-4-5-21(14)13-3-2-11(16)10-12(13)18-15/h2-5,10H,6-9H2,1H3. The van der Waals surface area contributed by atoms with Crippen LogP contribution in [0.1, 0.15) is 0 Å². The smallest absolute Gasteiger partial charge is 0.180 e. The molecule has 2 aromatic heterocycles. The van der Waals surface area contributed by atoms with Crippen molar-refractivity contribution < 1.29 is 4.39 Å². The third-order valence-electron chi connectivity index (χ3n) is 4.07. The molecule has 0 bridgehead atoms. The van der Waals surface area contributed by atoms with Crippen molar-refractivity contribution in [3.63, 3.8) is 0 Å². The van der Waals surface area contributed by atoms with Crippen molar-refractivity contribution in [2.75, 3.05) is 38.1 Å². The molecular formula is C15H16FN5. The molecule has 3 heterocycles. The molecule has 4 rings (SSSR count). The first-order valence-electron chi connectivity index (χ1n) is 7.08. The molecule has 0 amide bonds. The molecule has 0 atom stereocenters. The van der Waals surface area contributed by atoms with Crippen LogP contribution in [0.5, 0.6) is 0 Å². The van der Waals surface area contributed by atoms with Crippen LogP contribution >= 0.6 is 0 Å². The molecule has 3 aromatic rings. The Morgan fingerprint density at radius 1 is 1.14 bits per heavy atom. The molecule has 1 saturated heterocycles. The molecular weight excluding hydrogens is 269 g/mol. The number of likely N-dealkylation sites (N-methyl/N-ethyl adjacent to an activating group) is 1. The number of hydrogen-bond acceptors (Lipinski definition) is 4. The second kappa shape index (κ2) is 4.66. The van der Waals surface area contributed by atoms with E-state index in [1.807, 2.05) is 10.6 Å². The van der Waals surface area contributed by atoms with Crippen molar-refractivity contribution in [1.82, 2.24) is 19.3 Å². The van der Waals surface area contributed by atoms with Gasteiger partial charge in [0.05, 0.1) is 11.0 Å². The van der Waals surface area contributed by atoms with Crippen molar-refractivity contribution in [2.45, 2.75) is 0 Å². The summed E-state index contributed by atoms with van der Waals surface area (Å²) in [5.74, 6) is 0.574. The van der Waals surface area contributed by atoms with Gasteiger partial charge in [-0.3, -0.25) is 4.40 Å². The Morgan fingerprint density at radius 3 is 2.76 bits per heavy atom. The molecule has 0 saturated carbocycles. The fourth-order valence-electron chi connectivity index (χ4n) is 2.85. The van der Waals surface area contributed by atoms with Crippen molar-refractivity contribution in [3.8, 4) is 0 Å². The molecule has 1 aromatic carbocycles. The second-order valence-electron chi connectivity index (χ2n) is 5.48. The summed E-state index contributed by atoms with van der Waals surface area (Å²) in [5, 5.41) is 0. The van der Waals surface area contributed by atoms with E-state index < -0.39 is 0 Å². The van der Waals surface area contributed by atoms with Gasteiger partial charge < -0.3 is 9.80 Å². The van der Waals surface area contributed by atoms with Gasteiger partial charge in [-0.1, -0.05) is 0 Å². The number of aromatic nitrogens is 3. The normalized spacial score (nSPS) is 17.0. The maximum absolute atomic E-state index is 13.5. The van der Waals surface area contributed by atoms with Gasteiger partial charge in [-0.05, 0) is 19.2 Å². The van der Waals surface area contributed by atoms with Crippen LogP contribution in [0.15, 0.2) is 30.6 Å². The number of hydrogen-bond donors (Lipinski definition) is 0. The molecule has 1 aliphatic heterocycles. The fraction of sp³-hybridized carbons (Fsp3) is 0.333. The first kappa shape index (κ1) is 12.5. The predicted molar refractivity (Wildman–Crippen MR) is 80.2 cm³/mol. The van der Waals surface area contributed by atoms with Crippen molar-refractivity contribution in [3.05, 3.63) is 36.4 Å². The molecule has 1 fully saturated rings. The monoisotopic (exact) mass is 285 g/mol. The lowest BCUT2D eigenvalue weighted by atomic mass is 10.2. The number of nitrogens with zero attached hydrogens (tertiary/aromatic N) is 5. The Morgan fingerprint density at radius 2 is 1.95 bits per heavy atom. The van der Waals surface area contributed by atoms with Crippen LogP contribution in [0.3, 0.4) is 0 Å². The lowest BCUT2D eigenvalue weighted by molar-refractivity contribution is 0.312. The van der Waals surface area contributed by atoms with Crippen LogP contribution < -0.4 is 4.90 Å². The third kappa shape index (κ3) is 2.03. The van der Waals surface area contributed by atoms with E-state index in [4.69, 9.17) is 0 Å². The van der Waals surface area contributed by atoms with Crippen molar-refractivity contribution in [2.24, 2.45) is 0 Å². The zero-order valence-electron chi connectivity index (χ0n) is 11.8. The molecule has 0 N–H and O–H groups in total. The maximum atomic E-state index is 13.5. The SMILES string of the molecule is CN1CCN(c2nc3cc(F)ccc3n3ccnc23)CC1. The van der Waals surface area contributed by atoms with Gasteiger partial charge in [0, 0.05) is 44.6 Å². The topological polar surface area (TPSA) is 36.7 Å². The Hall–Kier alpha value is -2.21. The van der Waals surface area contributed by atoms with E-state index in [0.717, 1.165) is 43.2 Å². The Bertz CT molecular complexity index is 804. The van der Waals surface area contributed by atoms with Gasteiger partial charge in [-0.25, -0.2) is 14.4 Å². The van der Waals surface area contributed by atoms with E-state index in [1.165, 1.54) is 12.1 Å². The van der Waals surface area contributed by atoms with Crippen LogP contribution in [0.2, 0.25) is 0 Å². The van der Waals surface area contributed by atoms with Crippen LogP contribution in [-0.4, -0.2) is 52.5 Å². The number of rotatable bonds is 1. The van der Waals surface area contributed by atoms with E-state index in [1.54, 1.807) is 12.3 Å². The summed E-state index contributed by atoms with van der Waals surface area (Å²) in [6, 6.07) is 4.69. The highest BCUT2D eigenvalue weighted by atomic mass is 19.1. The zero-order chi connectivity index (χ0) is 14.4. The van der Waals surface area contributed by atoms with E-state index >= 15 is 0 Å². The minimum atomic E-state index is -0.265.